The quantitative estimate of drug-likeness (QED) is 0.551. The van der Waals surface area contributed by atoms with Crippen LogP contribution in [0.25, 0.3) is 10.9 Å². The molecule has 1 saturated carbocycles. The number of benzene rings is 2. The summed E-state index contributed by atoms with van der Waals surface area (Å²) in [6.07, 6.45) is 1.23. The Hall–Kier alpha value is -2.64. The van der Waals surface area contributed by atoms with E-state index in [0.29, 0.717) is 16.3 Å². The second-order valence-corrected chi connectivity index (χ2v) is 8.02. The van der Waals surface area contributed by atoms with Gasteiger partial charge in [0.25, 0.3) is 5.91 Å². The minimum atomic E-state index is -0.809. The van der Waals surface area contributed by atoms with Gasteiger partial charge in [0.2, 0.25) is 0 Å². The maximum absolute atomic E-state index is 13.6. The van der Waals surface area contributed by atoms with Gasteiger partial charge in [-0.15, -0.1) is 11.8 Å². The summed E-state index contributed by atoms with van der Waals surface area (Å²) in [7, 11) is 0. The number of ether oxygens (including phenoxy) is 1. The predicted molar refractivity (Wildman–Crippen MR) is 111 cm³/mol. The van der Waals surface area contributed by atoms with E-state index in [1.54, 1.807) is 18.2 Å². The van der Waals surface area contributed by atoms with Gasteiger partial charge in [0.05, 0.1) is 22.2 Å². The summed E-state index contributed by atoms with van der Waals surface area (Å²) in [6, 6.07) is 15.6. The molecule has 1 amide bonds. The maximum atomic E-state index is 13.6. The molecule has 2 N–H and O–H groups in total. The van der Waals surface area contributed by atoms with Crippen molar-refractivity contribution in [3.63, 3.8) is 0 Å². The number of hydrogen-bond acceptors (Lipinski definition) is 5. The number of amides is 1. The Morgan fingerprint density at radius 2 is 2.00 bits per heavy atom. The zero-order chi connectivity index (χ0) is 20.2. The number of carbonyl (C=O) groups excluding carboxylic acids is 1. The number of para-hydroxylation sites is 2. The molecule has 3 aromatic rings. The number of aliphatic hydroxyl groups excluding tert-OH is 1. The summed E-state index contributed by atoms with van der Waals surface area (Å²) in [4.78, 5) is 17.2. The van der Waals surface area contributed by atoms with Crippen LogP contribution in [0.15, 0.2) is 59.6 Å². The molecule has 0 spiro atoms. The van der Waals surface area contributed by atoms with Crippen LogP contribution in [0, 0.1) is 5.82 Å². The Balaban J connectivity index is 1.43. The highest BCUT2D eigenvalue weighted by molar-refractivity contribution is 7.99. The van der Waals surface area contributed by atoms with Gasteiger partial charge in [-0.2, -0.15) is 0 Å². The van der Waals surface area contributed by atoms with Gasteiger partial charge in [-0.3, -0.25) is 4.79 Å². The van der Waals surface area contributed by atoms with Crippen LogP contribution in [0.5, 0.6) is 5.75 Å². The van der Waals surface area contributed by atoms with Crippen molar-refractivity contribution in [2.75, 3.05) is 12.4 Å². The molecule has 1 aromatic heterocycles. The summed E-state index contributed by atoms with van der Waals surface area (Å²) in [6.45, 7) is -0.0312. The number of carbonyl (C=O) groups is 1. The smallest absolute Gasteiger partial charge is 0.252 e. The van der Waals surface area contributed by atoms with E-state index in [1.165, 1.54) is 23.9 Å². The fourth-order valence-corrected chi connectivity index (χ4v) is 3.70. The van der Waals surface area contributed by atoms with Crippen molar-refractivity contribution in [2.45, 2.75) is 30.0 Å². The third kappa shape index (κ3) is 5.05. The first-order chi connectivity index (χ1) is 14.1. The molecule has 4 rings (SSSR count). The Bertz CT molecular complexity index is 1030. The number of aliphatic hydroxyl groups is 1. The predicted octanol–water partition coefficient (Wildman–Crippen LogP) is 3.80. The fraction of sp³-hybridized carbons (Fsp3) is 0.273. The molecule has 1 heterocycles. The highest BCUT2D eigenvalue weighted by atomic mass is 32.2. The monoisotopic (exact) mass is 412 g/mol. The first-order valence-electron chi connectivity index (χ1n) is 9.49. The molecule has 0 unspecified atom stereocenters. The highest BCUT2D eigenvalue weighted by Crippen LogP contribution is 2.26. The van der Waals surface area contributed by atoms with Crippen molar-refractivity contribution in [2.24, 2.45) is 0 Å². The van der Waals surface area contributed by atoms with Crippen LogP contribution in [0.1, 0.15) is 23.2 Å². The number of aromatic nitrogens is 1. The number of rotatable bonds is 8. The van der Waals surface area contributed by atoms with Crippen LogP contribution in [0.3, 0.4) is 0 Å². The van der Waals surface area contributed by atoms with E-state index in [2.05, 4.69) is 10.3 Å². The van der Waals surface area contributed by atoms with Gasteiger partial charge in [0, 0.05) is 17.2 Å². The average molecular weight is 412 g/mol. The van der Waals surface area contributed by atoms with E-state index in [9.17, 15) is 14.3 Å². The average Bonchev–Trinajstić information content (AvgIpc) is 3.55. The Kier molecular flexibility index (Phi) is 5.97. The number of nitrogens with one attached hydrogen (secondary N) is 1. The molecular formula is C22H21FN2O3S. The molecule has 150 valence electrons. The fourth-order valence-electron chi connectivity index (χ4n) is 2.88. The first-order valence-corrected chi connectivity index (χ1v) is 10.5. The van der Waals surface area contributed by atoms with Gasteiger partial charge >= 0.3 is 0 Å². The molecule has 1 aliphatic rings. The van der Waals surface area contributed by atoms with Gasteiger partial charge in [-0.25, -0.2) is 9.37 Å². The van der Waals surface area contributed by atoms with E-state index in [0.717, 1.165) is 23.7 Å². The van der Waals surface area contributed by atoms with E-state index < -0.39 is 11.9 Å². The second kappa shape index (κ2) is 8.80. The van der Waals surface area contributed by atoms with Crippen molar-refractivity contribution < 1.29 is 19.0 Å². The topological polar surface area (TPSA) is 71.5 Å². The molecule has 7 heteroatoms. The zero-order valence-electron chi connectivity index (χ0n) is 15.7. The minimum absolute atomic E-state index is 0.0312. The zero-order valence-corrected chi connectivity index (χ0v) is 16.5. The Morgan fingerprint density at radius 1 is 1.24 bits per heavy atom. The van der Waals surface area contributed by atoms with Crippen LogP contribution in [-0.4, -0.2) is 40.5 Å². The third-order valence-corrected chi connectivity index (χ3v) is 5.60. The molecule has 2 aromatic carbocycles. The van der Waals surface area contributed by atoms with Crippen molar-refractivity contribution in [1.82, 2.24) is 10.3 Å². The lowest BCUT2D eigenvalue weighted by atomic mass is 10.1. The number of fused-ring (bicyclic) bond motifs is 1. The minimum Gasteiger partial charge on any atom is -0.488 e. The number of hydrogen-bond donors (Lipinski definition) is 2. The summed E-state index contributed by atoms with van der Waals surface area (Å²) in [5.74, 6) is -0.144. The van der Waals surface area contributed by atoms with Gasteiger partial charge in [-0.05, 0) is 37.1 Å². The third-order valence-electron chi connectivity index (χ3n) is 4.54. The van der Waals surface area contributed by atoms with Gasteiger partial charge in [0.1, 0.15) is 6.61 Å². The van der Waals surface area contributed by atoms with E-state index >= 15 is 0 Å². The van der Waals surface area contributed by atoms with Crippen molar-refractivity contribution in [3.8, 4) is 5.75 Å². The SMILES string of the molecule is O=C(NC1CC1)c1cc(SC[C@@H](O)COc2ccccc2F)nc2ccccc12. The molecule has 1 fully saturated rings. The van der Waals surface area contributed by atoms with Gasteiger partial charge in [0.15, 0.2) is 11.6 Å². The molecular weight excluding hydrogens is 391 g/mol. The number of thioether (sulfide) groups is 1. The lowest BCUT2D eigenvalue weighted by molar-refractivity contribution is 0.0952. The van der Waals surface area contributed by atoms with Crippen LogP contribution < -0.4 is 10.1 Å². The van der Waals surface area contributed by atoms with E-state index in [4.69, 9.17) is 4.74 Å². The lowest BCUT2D eigenvalue weighted by Crippen LogP contribution is -2.25. The van der Waals surface area contributed by atoms with Crippen molar-refractivity contribution in [3.05, 3.63) is 66.0 Å². The lowest BCUT2D eigenvalue weighted by Gasteiger charge is -2.13. The molecule has 0 saturated heterocycles. The van der Waals surface area contributed by atoms with E-state index in [-0.39, 0.29) is 24.3 Å². The standard InChI is InChI=1S/C22H21FN2O3S/c23-18-6-2-4-8-20(18)28-12-15(26)13-29-21-11-17(22(27)24-14-9-10-14)16-5-1-3-7-19(16)25-21/h1-8,11,14-15,26H,9-10,12-13H2,(H,24,27)/t15-/m0/s1. The van der Waals surface area contributed by atoms with Crippen LogP contribution >= 0.6 is 11.8 Å². The maximum Gasteiger partial charge on any atom is 0.252 e. The van der Waals surface area contributed by atoms with Crippen molar-refractivity contribution in [1.29, 1.82) is 0 Å². The second-order valence-electron chi connectivity index (χ2n) is 6.98. The highest BCUT2D eigenvalue weighted by Gasteiger charge is 2.25. The molecule has 5 nitrogen and oxygen atoms in total. The van der Waals surface area contributed by atoms with Crippen LogP contribution in [-0.2, 0) is 0 Å². The molecule has 1 aliphatic carbocycles. The molecule has 0 bridgehead atoms. The molecule has 29 heavy (non-hydrogen) atoms. The first kappa shape index (κ1) is 19.7. The summed E-state index contributed by atoms with van der Waals surface area (Å²) < 4.78 is 18.9. The Morgan fingerprint density at radius 3 is 2.79 bits per heavy atom. The van der Waals surface area contributed by atoms with Gasteiger partial charge in [-0.1, -0.05) is 30.3 Å². The summed E-state index contributed by atoms with van der Waals surface area (Å²) in [5.41, 5.74) is 1.32. The number of halogens is 1. The molecule has 0 aliphatic heterocycles. The van der Waals surface area contributed by atoms with E-state index in [1.807, 2.05) is 24.3 Å². The number of pyridine rings is 1. The summed E-state index contributed by atoms with van der Waals surface area (Å²) >= 11 is 1.33. The largest absolute Gasteiger partial charge is 0.488 e. The van der Waals surface area contributed by atoms with Crippen LogP contribution in [0.2, 0.25) is 0 Å². The Labute approximate surface area is 172 Å². The van der Waals surface area contributed by atoms with Gasteiger partial charge < -0.3 is 15.2 Å². The molecule has 0 radical (unpaired) electrons. The summed E-state index contributed by atoms with van der Waals surface area (Å²) in [5, 5.41) is 14.7. The molecule has 1 atom stereocenters. The normalized spacial score (nSPS) is 14.6. The van der Waals surface area contributed by atoms with Crippen molar-refractivity contribution >= 4 is 28.6 Å². The number of nitrogens with zero attached hydrogens (tertiary/aromatic N) is 1. The van der Waals surface area contributed by atoms with Crippen LogP contribution in [0.4, 0.5) is 4.39 Å².